The van der Waals surface area contributed by atoms with Crippen LogP contribution in [0.3, 0.4) is 0 Å². The Morgan fingerprint density at radius 3 is 2.31 bits per heavy atom. The molecule has 1 fully saturated rings. The number of hydrogen-bond acceptors (Lipinski definition) is 2. The van der Waals surface area contributed by atoms with Crippen molar-refractivity contribution in [3.05, 3.63) is 0 Å². The molecule has 1 heterocycles. The molecule has 1 aliphatic heterocycles. The van der Waals surface area contributed by atoms with E-state index in [4.69, 9.17) is 10.5 Å². The molecule has 2 nitrogen and oxygen atoms in total. The minimum absolute atomic E-state index is 0.0321. The first-order valence-electron chi connectivity index (χ1n) is 4.39. The van der Waals surface area contributed by atoms with Crippen LogP contribution in [-0.4, -0.2) is 25.4 Å². The van der Waals surface area contributed by atoms with Crippen molar-refractivity contribution in [2.45, 2.75) is 31.5 Å². The Morgan fingerprint density at radius 1 is 1.31 bits per heavy atom. The highest BCUT2D eigenvalue weighted by atomic mass is 19.4. The highest BCUT2D eigenvalue weighted by Gasteiger charge is 2.34. The molecular formula is C8H14F3NO. The maximum absolute atomic E-state index is 11.9. The largest absolute Gasteiger partial charge is 0.390 e. The van der Waals surface area contributed by atoms with E-state index < -0.39 is 18.6 Å². The third-order valence-corrected chi connectivity index (χ3v) is 2.34. The number of halogens is 3. The molecule has 1 atom stereocenters. The average molecular weight is 197 g/mol. The predicted molar refractivity (Wildman–Crippen MR) is 42.2 cm³/mol. The van der Waals surface area contributed by atoms with Crippen molar-refractivity contribution < 1.29 is 17.9 Å². The van der Waals surface area contributed by atoms with Crippen LogP contribution in [0.2, 0.25) is 0 Å². The van der Waals surface area contributed by atoms with Gasteiger partial charge in [-0.1, -0.05) is 0 Å². The summed E-state index contributed by atoms with van der Waals surface area (Å²) in [5, 5.41) is 0. The molecule has 0 radical (unpaired) electrons. The average Bonchev–Trinajstić information content (AvgIpc) is 2.03. The van der Waals surface area contributed by atoms with Gasteiger partial charge in [-0.15, -0.1) is 0 Å². The topological polar surface area (TPSA) is 35.2 Å². The Kier molecular flexibility index (Phi) is 3.55. The van der Waals surface area contributed by atoms with Gasteiger partial charge in [0.25, 0.3) is 0 Å². The smallest absolute Gasteiger partial charge is 0.381 e. The van der Waals surface area contributed by atoms with Gasteiger partial charge in [0.15, 0.2) is 0 Å². The number of ether oxygens (including phenoxy) is 1. The molecule has 0 spiro atoms. The quantitative estimate of drug-likeness (QED) is 0.731. The summed E-state index contributed by atoms with van der Waals surface area (Å²) in [5.41, 5.74) is 5.46. The summed E-state index contributed by atoms with van der Waals surface area (Å²) in [6.45, 7) is 1.08. The molecule has 0 aromatic heterocycles. The van der Waals surface area contributed by atoms with E-state index in [2.05, 4.69) is 0 Å². The Labute approximate surface area is 75.2 Å². The van der Waals surface area contributed by atoms with E-state index in [1.807, 2.05) is 0 Å². The van der Waals surface area contributed by atoms with Gasteiger partial charge < -0.3 is 10.5 Å². The zero-order chi connectivity index (χ0) is 9.90. The van der Waals surface area contributed by atoms with Crippen molar-refractivity contribution in [2.24, 2.45) is 11.7 Å². The van der Waals surface area contributed by atoms with Gasteiger partial charge in [0, 0.05) is 19.3 Å². The van der Waals surface area contributed by atoms with Crippen LogP contribution in [0.4, 0.5) is 13.2 Å². The van der Waals surface area contributed by atoms with Gasteiger partial charge in [0.1, 0.15) is 0 Å². The fourth-order valence-corrected chi connectivity index (χ4v) is 1.58. The van der Waals surface area contributed by atoms with Crippen LogP contribution in [-0.2, 0) is 4.74 Å². The Balaban J connectivity index is 2.33. The minimum atomic E-state index is -4.14. The zero-order valence-electron chi connectivity index (χ0n) is 7.31. The van der Waals surface area contributed by atoms with E-state index in [1.54, 1.807) is 0 Å². The fourth-order valence-electron chi connectivity index (χ4n) is 1.58. The molecule has 13 heavy (non-hydrogen) atoms. The lowest BCUT2D eigenvalue weighted by molar-refractivity contribution is -0.142. The van der Waals surface area contributed by atoms with Crippen LogP contribution in [0.25, 0.3) is 0 Å². The molecule has 1 rings (SSSR count). The molecule has 0 bridgehead atoms. The van der Waals surface area contributed by atoms with Crippen LogP contribution >= 0.6 is 0 Å². The summed E-state index contributed by atoms with van der Waals surface area (Å²) < 4.78 is 40.9. The molecule has 0 unspecified atom stereocenters. The molecule has 2 N–H and O–H groups in total. The standard InChI is InChI=1S/C8H14F3NO/c9-8(10,11)5-7(12)6-1-3-13-4-2-6/h6-7H,1-5,12H2/t7-/m0/s1. The van der Waals surface area contributed by atoms with Crippen molar-refractivity contribution in [1.82, 2.24) is 0 Å². The SMILES string of the molecule is N[C@@H](CC(F)(F)F)C1CCOCC1. The molecule has 0 amide bonds. The zero-order valence-corrected chi connectivity index (χ0v) is 7.31. The number of nitrogens with two attached hydrogens (primary N) is 1. The van der Waals surface area contributed by atoms with Gasteiger partial charge >= 0.3 is 6.18 Å². The van der Waals surface area contributed by atoms with Crippen LogP contribution in [0.5, 0.6) is 0 Å². The lowest BCUT2D eigenvalue weighted by atomic mass is 9.90. The summed E-state index contributed by atoms with van der Waals surface area (Å²) in [6, 6.07) is -0.760. The van der Waals surface area contributed by atoms with Crippen molar-refractivity contribution in [1.29, 1.82) is 0 Å². The molecule has 1 saturated heterocycles. The second-order valence-electron chi connectivity index (χ2n) is 3.43. The van der Waals surface area contributed by atoms with Crippen LogP contribution in [0.1, 0.15) is 19.3 Å². The third kappa shape index (κ3) is 3.95. The van der Waals surface area contributed by atoms with E-state index in [0.717, 1.165) is 0 Å². The molecule has 0 aromatic carbocycles. The molecule has 0 aromatic rings. The number of alkyl halides is 3. The fraction of sp³-hybridized carbons (Fsp3) is 1.00. The molecule has 0 saturated carbocycles. The van der Waals surface area contributed by atoms with Gasteiger partial charge in [0.2, 0.25) is 0 Å². The van der Waals surface area contributed by atoms with Crippen molar-refractivity contribution in [3.8, 4) is 0 Å². The summed E-state index contributed by atoms with van der Waals surface area (Å²) in [6.07, 6.45) is -3.72. The number of hydrogen-bond donors (Lipinski definition) is 1. The first kappa shape index (κ1) is 10.8. The lowest BCUT2D eigenvalue weighted by Crippen LogP contribution is -2.37. The summed E-state index contributed by atoms with van der Waals surface area (Å²) in [7, 11) is 0. The maximum atomic E-state index is 11.9. The van der Waals surface area contributed by atoms with E-state index in [1.165, 1.54) is 0 Å². The van der Waals surface area contributed by atoms with Crippen LogP contribution in [0.15, 0.2) is 0 Å². The molecule has 5 heteroatoms. The summed E-state index contributed by atoms with van der Waals surface area (Å²) >= 11 is 0. The van der Waals surface area contributed by atoms with E-state index >= 15 is 0 Å². The van der Waals surface area contributed by atoms with E-state index in [0.29, 0.717) is 26.1 Å². The Morgan fingerprint density at radius 2 is 1.85 bits per heavy atom. The van der Waals surface area contributed by atoms with Crippen LogP contribution < -0.4 is 5.73 Å². The lowest BCUT2D eigenvalue weighted by Gasteiger charge is -2.28. The van der Waals surface area contributed by atoms with Crippen molar-refractivity contribution in [2.75, 3.05) is 13.2 Å². The van der Waals surface area contributed by atoms with Gasteiger partial charge in [-0.2, -0.15) is 13.2 Å². The highest BCUT2D eigenvalue weighted by molar-refractivity contribution is 4.77. The Hall–Kier alpha value is -0.290. The third-order valence-electron chi connectivity index (χ3n) is 2.34. The van der Waals surface area contributed by atoms with E-state index in [-0.39, 0.29) is 5.92 Å². The maximum Gasteiger partial charge on any atom is 0.390 e. The van der Waals surface area contributed by atoms with Crippen molar-refractivity contribution in [3.63, 3.8) is 0 Å². The molecule has 78 valence electrons. The second-order valence-corrected chi connectivity index (χ2v) is 3.43. The second kappa shape index (κ2) is 4.28. The van der Waals surface area contributed by atoms with Gasteiger partial charge in [-0.25, -0.2) is 0 Å². The monoisotopic (exact) mass is 197 g/mol. The van der Waals surface area contributed by atoms with E-state index in [9.17, 15) is 13.2 Å². The number of rotatable bonds is 2. The normalized spacial score (nSPS) is 23.1. The Bertz CT molecular complexity index is 154. The summed E-state index contributed by atoms with van der Waals surface area (Å²) in [4.78, 5) is 0. The van der Waals surface area contributed by atoms with Gasteiger partial charge in [0.05, 0.1) is 6.42 Å². The van der Waals surface area contributed by atoms with Gasteiger partial charge in [-0.05, 0) is 18.8 Å². The molecular weight excluding hydrogens is 183 g/mol. The van der Waals surface area contributed by atoms with Crippen molar-refractivity contribution >= 4 is 0 Å². The minimum Gasteiger partial charge on any atom is -0.381 e. The first-order chi connectivity index (χ1) is 5.99. The highest BCUT2D eigenvalue weighted by Crippen LogP contribution is 2.27. The molecule has 0 aliphatic carbocycles. The summed E-state index contributed by atoms with van der Waals surface area (Å²) in [5.74, 6) is -0.0321. The predicted octanol–water partition coefficient (Wildman–Crippen LogP) is 1.69. The first-order valence-corrected chi connectivity index (χ1v) is 4.39. The van der Waals surface area contributed by atoms with Crippen LogP contribution in [0, 0.1) is 5.92 Å². The molecule has 1 aliphatic rings. The van der Waals surface area contributed by atoms with Gasteiger partial charge in [-0.3, -0.25) is 0 Å².